The number of hydrogen-bond acceptors (Lipinski definition) is 6. The topological polar surface area (TPSA) is 96.2 Å². The zero-order valence-corrected chi connectivity index (χ0v) is 11.0. The molecule has 0 spiro atoms. The van der Waals surface area contributed by atoms with Crippen molar-refractivity contribution in [1.29, 1.82) is 0 Å². The number of nitrogen functional groups attached to an aromatic ring is 1. The van der Waals surface area contributed by atoms with Crippen LogP contribution in [0.1, 0.15) is 23.8 Å². The first-order valence-corrected chi connectivity index (χ1v) is 5.77. The van der Waals surface area contributed by atoms with Gasteiger partial charge in [0, 0.05) is 6.04 Å². The van der Waals surface area contributed by atoms with Crippen LogP contribution in [0, 0.1) is 0 Å². The summed E-state index contributed by atoms with van der Waals surface area (Å²) in [7, 11) is 4.00. The number of nitrogens with zero attached hydrogens (tertiary/aromatic N) is 3. The van der Waals surface area contributed by atoms with Gasteiger partial charge in [-0.05, 0) is 34.0 Å². The molecule has 7 heteroatoms. The monoisotopic (exact) mass is 252 g/mol. The Kier molecular flexibility index (Phi) is 5.47. The molecule has 1 amide bonds. The van der Waals surface area contributed by atoms with E-state index in [-0.39, 0.29) is 17.6 Å². The summed E-state index contributed by atoms with van der Waals surface area (Å²) in [6, 6.07) is 0.0917. The smallest absolute Gasteiger partial charge is 0.271 e. The third-order valence-electron chi connectivity index (χ3n) is 2.42. The van der Waals surface area contributed by atoms with Crippen molar-refractivity contribution in [3.8, 4) is 0 Å². The third-order valence-corrected chi connectivity index (χ3v) is 2.42. The molecule has 4 N–H and O–H groups in total. The molecule has 1 heterocycles. The van der Waals surface area contributed by atoms with Gasteiger partial charge >= 0.3 is 0 Å². The van der Waals surface area contributed by atoms with Crippen LogP contribution >= 0.6 is 0 Å². The molecule has 0 radical (unpaired) electrons. The maximum atomic E-state index is 11.8. The van der Waals surface area contributed by atoms with Gasteiger partial charge in [0.05, 0.1) is 12.4 Å². The lowest BCUT2D eigenvalue weighted by atomic mass is 10.2. The van der Waals surface area contributed by atoms with Gasteiger partial charge in [0.2, 0.25) is 0 Å². The van der Waals surface area contributed by atoms with Gasteiger partial charge in [-0.25, -0.2) is 15.8 Å². The van der Waals surface area contributed by atoms with E-state index < -0.39 is 0 Å². The Labute approximate surface area is 107 Å². The van der Waals surface area contributed by atoms with E-state index in [4.69, 9.17) is 5.84 Å². The molecule has 0 aromatic carbocycles. The lowest BCUT2D eigenvalue weighted by molar-refractivity contribution is 0.0931. The number of rotatable bonds is 6. The highest BCUT2D eigenvalue weighted by atomic mass is 16.1. The zero-order chi connectivity index (χ0) is 13.5. The van der Waals surface area contributed by atoms with Gasteiger partial charge in [0.15, 0.2) is 5.82 Å². The summed E-state index contributed by atoms with van der Waals surface area (Å²) in [5.41, 5.74) is 2.64. The van der Waals surface area contributed by atoms with Crippen LogP contribution in [0.3, 0.4) is 0 Å². The Balaban J connectivity index is 2.48. The van der Waals surface area contributed by atoms with Crippen LogP contribution in [-0.4, -0.2) is 47.5 Å². The highest BCUT2D eigenvalue weighted by Crippen LogP contribution is 2.00. The van der Waals surface area contributed by atoms with E-state index in [9.17, 15) is 4.79 Å². The van der Waals surface area contributed by atoms with Crippen molar-refractivity contribution in [1.82, 2.24) is 20.2 Å². The number of hydrogen-bond donors (Lipinski definition) is 3. The molecule has 0 aliphatic carbocycles. The lowest BCUT2D eigenvalue weighted by Crippen LogP contribution is -2.35. The average Bonchev–Trinajstić information content (AvgIpc) is 2.36. The number of carbonyl (C=O) groups is 1. The van der Waals surface area contributed by atoms with Crippen LogP contribution in [0.4, 0.5) is 5.82 Å². The molecule has 0 saturated carbocycles. The molecule has 18 heavy (non-hydrogen) atoms. The first kappa shape index (κ1) is 14.3. The minimum Gasteiger partial charge on any atom is -0.348 e. The third kappa shape index (κ3) is 4.64. The number of nitrogens with two attached hydrogens (primary N) is 1. The Morgan fingerprint density at radius 3 is 2.67 bits per heavy atom. The highest BCUT2D eigenvalue weighted by molar-refractivity contribution is 5.92. The number of aromatic nitrogens is 2. The van der Waals surface area contributed by atoms with Crippen molar-refractivity contribution in [2.75, 3.05) is 26.1 Å². The molecule has 0 bridgehead atoms. The fourth-order valence-electron chi connectivity index (χ4n) is 1.34. The molecule has 0 aliphatic rings. The Morgan fingerprint density at radius 1 is 1.44 bits per heavy atom. The van der Waals surface area contributed by atoms with Gasteiger partial charge in [-0.15, -0.1) is 0 Å². The van der Waals surface area contributed by atoms with Crippen LogP contribution in [0.15, 0.2) is 12.4 Å². The van der Waals surface area contributed by atoms with E-state index >= 15 is 0 Å². The quantitative estimate of drug-likeness (QED) is 0.480. The normalized spacial score (nSPS) is 12.3. The second kappa shape index (κ2) is 6.87. The predicted molar refractivity (Wildman–Crippen MR) is 69.9 cm³/mol. The van der Waals surface area contributed by atoms with Gasteiger partial charge in [-0.1, -0.05) is 0 Å². The fourth-order valence-corrected chi connectivity index (χ4v) is 1.34. The molecular formula is C11H20N6O. The predicted octanol–water partition coefficient (Wildman–Crippen LogP) is -0.168. The second-order valence-corrected chi connectivity index (χ2v) is 4.40. The highest BCUT2D eigenvalue weighted by Gasteiger charge is 2.11. The van der Waals surface area contributed by atoms with Gasteiger partial charge in [0.25, 0.3) is 5.91 Å². The van der Waals surface area contributed by atoms with E-state index in [1.54, 1.807) is 0 Å². The summed E-state index contributed by atoms with van der Waals surface area (Å²) in [6.07, 6.45) is 3.69. The maximum Gasteiger partial charge on any atom is 0.271 e. The van der Waals surface area contributed by atoms with Gasteiger partial charge in [0.1, 0.15) is 5.69 Å². The van der Waals surface area contributed by atoms with Crippen molar-refractivity contribution in [2.45, 2.75) is 19.4 Å². The molecular weight excluding hydrogens is 232 g/mol. The van der Waals surface area contributed by atoms with Gasteiger partial charge in [-0.3, -0.25) is 4.79 Å². The van der Waals surface area contributed by atoms with Crippen molar-refractivity contribution in [2.24, 2.45) is 5.84 Å². The molecule has 100 valence electrons. The van der Waals surface area contributed by atoms with E-state index in [0.29, 0.717) is 5.82 Å². The second-order valence-electron chi connectivity index (χ2n) is 4.40. The van der Waals surface area contributed by atoms with E-state index in [1.807, 2.05) is 21.0 Å². The number of carbonyl (C=O) groups excluding carboxylic acids is 1. The number of hydrazine groups is 1. The Morgan fingerprint density at radius 2 is 2.17 bits per heavy atom. The standard InChI is InChI=1S/C11H20N6O/c1-8(4-5-17(2)3)15-11(18)9-6-14-10(16-12)7-13-9/h6-8H,4-5,12H2,1-3H3,(H,14,16)(H,15,18). The Hall–Kier alpha value is -1.73. The van der Waals surface area contributed by atoms with Crippen molar-refractivity contribution >= 4 is 11.7 Å². The minimum atomic E-state index is -0.225. The molecule has 0 fully saturated rings. The van der Waals surface area contributed by atoms with Crippen LogP contribution in [0.5, 0.6) is 0 Å². The van der Waals surface area contributed by atoms with Crippen LogP contribution < -0.4 is 16.6 Å². The molecule has 7 nitrogen and oxygen atoms in total. The molecule has 1 atom stereocenters. The summed E-state index contributed by atoms with van der Waals surface area (Å²) in [5, 5.41) is 2.87. The summed E-state index contributed by atoms with van der Waals surface area (Å²) in [6.45, 7) is 2.88. The summed E-state index contributed by atoms with van der Waals surface area (Å²) >= 11 is 0. The SMILES string of the molecule is CC(CCN(C)C)NC(=O)c1cnc(NN)cn1. The van der Waals surface area contributed by atoms with E-state index in [2.05, 4.69) is 25.6 Å². The van der Waals surface area contributed by atoms with Gasteiger partial charge in [-0.2, -0.15) is 0 Å². The summed E-state index contributed by atoms with van der Waals surface area (Å²) in [5.74, 6) is 5.37. The number of amides is 1. The Bertz CT molecular complexity index is 378. The van der Waals surface area contributed by atoms with Crippen LogP contribution in [-0.2, 0) is 0 Å². The molecule has 1 rings (SSSR count). The average molecular weight is 252 g/mol. The van der Waals surface area contributed by atoms with E-state index in [0.717, 1.165) is 13.0 Å². The maximum absolute atomic E-state index is 11.8. The largest absolute Gasteiger partial charge is 0.348 e. The number of nitrogens with one attached hydrogen (secondary N) is 2. The molecule has 1 aromatic rings. The molecule has 0 aliphatic heterocycles. The van der Waals surface area contributed by atoms with E-state index in [1.165, 1.54) is 12.4 Å². The van der Waals surface area contributed by atoms with Gasteiger partial charge < -0.3 is 15.6 Å². The first-order valence-electron chi connectivity index (χ1n) is 5.77. The van der Waals surface area contributed by atoms with Crippen LogP contribution in [0.25, 0.3) is 0 Å². The van der Waals surface area contributed by atoms with Crippen molar-refractivity contribution in [3.05, 3.63) is 18.1 Å². The number of anilines is 1. The molecule has 0 saturated heterocycles. The summed E-state index contributed by atoms with van der Waals surface area (Å²) < 4.78 is 0. The van der Waals surface area contributed by atoms with Crippen molar-refractivity contribution in [3.63, 3.8) is 0 Å². The minimum absolute atomic E-state index is 0.0917. The fraction of sp³-hybridized carbons (Fsp3) is 0.545. The lowest BCUT2D eigenvalue weighted by Gasteiger charge is -2.16. The first-order chi connectivity index (χ1) is 8.52. The van der Waals surface area contributed by atoms with Crippen LogP contribution in [0.2, 0.25) is 0 Å². The van der Waals surface area contributed by atoms with Crippen molar-refractivity contribution < 1.29 is 4.79 Å². The molecule has 1 unspecified atom stereocenters. The zero-order valence-electron chi connectivity index (χ0n) is 11.0. The molecule has 1 aromatic heterocycles. The summed E-state index contributed by atoms with van der Waals surface area (Å²) in [4.78, 5) is 21.8.